The molecule has 6 atom stereocenters. The standard InChI is InChI=1S/C33H38FN3O/c1-21-17-25(32(38)36-31-19-26(34)9-12-30(31)35)8-11-28(21)24-7-10-27(18-24)37-16-15-33(22(2)20-37)14-13-23-5-3-4-6-29(23)33/h3-6,8-9,11-14,17,19,22-24,27,29H,7,10,15-16,18,20,35H2,1-2H3,(H,36,38)/t22-,23?,24?,27?,29?,33?/m0/s1. The minimum absolute atomic E-state index is 0.274. The molecule has 1 saturated carbocycles. The van der Waals surface area contributed by atoms with Gasteiger partial charge in [-0.3, -0.25) is 4.79 Å². The smallest absolute Gasteiger partial charge is 0.255 e. The number of fused-ring (bicyclic) bond motifs is 2. The number of hydrogen-bond acceptors (Lipinski definition) is 3. The van der Waals surface area contributed by atoms with Gasteiger partial charge in [0.2, 0.25) is 0 Å². The fourth-order valence-corrected chi connectivity index (χ4v) is 7.70. The number of amides is 1. The van der Waals surface area contributed by atoms with Crippen LogP contribution in [0.25, 0.3) is 0 Å². The second-order valence-electron chi connectivity index (χ2n) is 11.9. The Balaban J connectivity index is 1.09. The van der Waals surface area contributed by atoms with E-state index in [2.05, 4.69) is 66.6 Å². The zero-order valence-electron chi connectivity index (χ0n) is 22.4. The van der Waals surface area contributed by atoms with Gasteiger partial charge in [-0.1, -0.05) is 49.4 Å². The lowest BCUT2D eigenvalue weighted by atomic mass is 9.62. The first kappa shape index (κ1) is 25.1. The van der Waals surface area contributed by atoms with Gasteiger partial charge in [-0.15, -0.1) is 0 Å². The average Bonchev–Trinajstić information content (AvgIpc) is 3.54. The van der Waals surface area contributed by atoms with Gasteiger partial charge >= 0.3 is 0 Å². The summed E-state index contributed by atoms with van der Waals surface area (Å²) in [5.74, 6) is 1.65. The minimum atomic E-state index is -0.429. The van der Waals surface area contributed by atoms with Gasteiger partial charge in [0.15, 0.2) is 0 Å². The number of rotatable bonds is 4. The van der Waals surface area contributed by atoms with Crippen molar-refractivity contribution in [2.45, 2.75) is 51.5 Å². The van der Waals surface area contributed by atoms with Crippen LogP contribution < -0.4 is 11.1 Å². The Bertz CT molecular complexity index is 1330. The molecule has 4 nitrogen and oxygen atoms in total. The van der Waals surface area contributed by atoms with E-state index in [0.29, 0.717) is 52.1 Å². The number of piperidine rings is 1. The highest BCUT2D eigenvalue weighted by Crippen LogP contribution is 2.54. The van der Waals surface area contributed by atoms with E-state index in [1.54, 1.807) is 0 Å². The molecule has 1 aliphatic heterocycles. The number of hydrogen-bond donors (Lipinski definition) is 2. The number of anilines is 2. The monoisotopic (exact) mass is 511 g/mol. The number of carbonyl (C=O) groups excluding carboxylic acids is 1. The van der Waals surface area contributed by atoms with Gasteiger partial charge in [-0.05, 0) is 98.4 Å². The molecule has 2 fully saturated rings. The van der Waals surface area contributed by atoms with Crippen molar-refractivity contribution < 1.29 is 9.18 Å². The summed E-state index contributed by atoms with van der Waals surface area (Å²) >= 11 is 0. The Morgan fingerprint density at radius 1 is 1.11 bits per heavy atom. The lowest BCUT2D eigenvalue weighted by Gasteiger charge is -2.49. The molecular formula is C33H38FN3O. The SMILES string of the molecule is Cc1cc(C(=O)Nc2cc(F)ccc2N)ccc1C1CCC(N2CCC3(C=CC4C=CC=CC43)[C@@H](C)C2)C1. The molecule has 2 aromatic rings. The molecular weight excluding hydrogens is 473 g/mol. The summed E-state index contributed by atoms with van der Waals surface area (Å²) in [6, 6.07) is 10.6. The van der Waals surface area contributed by atoms with Crippen LogP contribution in [0, 0.1) is 35.9 Å². The number of nitrogens with zero attached hydrogens (tertiary/aromatic N) is 1. The predicted molar refractivity (Wildman–Crippen MR) is 153 cm³/mol. The maximum absolute atomic E-state index is 13.6. The van der Waals surface area contributed by atoms with E-state index in [4.69, 9.17) is 5.73 Å². The molecule has 2 aromatic carbocycles. The second kappa shape index (κ2) is 9.85. The zero-order chi connectivity index (χ0) is 26.4. The predicted octanol–water partition coefficient (Wildman–Crippen LogP) is 6.86. The number of nitrogens with one attached hydrogen (secondary N) is 1. The van der Waals surface area contributed by atoms with Gasteiger partial charge < -0.3 is 16.0 Å². The summed E-state index contributed by atoms with van der Waals surface area (Å²) in [4.78, 5) is 15.6. The Kier molecular flexibility index (Phi) is 6.51. The Labute approximate surface area is 225 Å². The van der Waals surface area contributed by atoms with E-state index in [-0.39, 0.29) is 5.91 Å². The molecule has 3 N–H and O–H groups in total. The third-order valence-electron chi connectivity index (χ3n) is 9.84. The van der Waals surface area contributed by atoms with E-state index in [0.717, 1.165) is 5.56 Å². The van der Waals surface area contributed by atoms with Crippen LogP contribution in [0.1, 0.15) is 60.0 Å². The molecule has 1 heterocycles. The number of aryl methyl sites for hydroxylation is 1. The van der Waals surface area contributed by atoms with Crippen LogP contribution >= 0.6 is 0 Å². The highest BCUT2D eigenvalue weighted by atomic mass is 19.1. The van der Waals surface area contributed by atoms with Crippen molar-refractivity contribution in [2.75, 3.05) is 24.1 Å². The molecule has 1 spiro atoms. The third kappa shape index (κ3) is 4.41. The Hall–Kier alpha value is -3.18. The first-order valence-corrected chi connectivity index (χ1v) is 14.1. The number of benzene rings is 2. The van der Waals surface area contributed by atoms with Crippen molar-refractivity contribution in [1.29, 1.82) is 0 Å². The summed E-state index contributed by atoms with van der Waals surface area (Å²) in [7, 11) is 0. The van der Waals surface area contributed by atoms with Gasteiger partial charge in [0.1, 0.15) is 5.82 Å². The summed E-state index contributed by atoms with van der Waals surface area (Å²) in [5, 5.41) is 2.75. The third-order valence-corrected chi connectivity index (χ3v) is 9.84. The van der Waals surface area contributed by atoms with Crippen molar-refractivity contribution in [2.24, 2.45) is 23.2 Å². The summed E-state index contributed by atoms with van der Waals surface area (Å²) in [6.45, 7) is 6.90. The maximum atomic E-state index is 13.6. The van der Waals surface area contributed by atoms with E-state index in [1.165, 1.54) is 62.5 Å². The average molecular weight is 512 g/mol. The van der Waals surface area contributed by atoms with Gasteiger partial charge in [0.05, 0.1) is 11.4 Å². The first-order chi connectivity index (χ1) is 18.3. The maximum Gasteiger partial charge on any atom is 0.255 e. The van der Waals surface area contributed by atoms with Gasteiger partial charge in [-0.2, -0.15) is 0 Å². The molecule has 5 unspecified atom stereocenters. The lowest BCUT2D eigenvalue weighted by molar-refractivity contribution is 0.0265. The quantitative estimate of drug-likeness (QED) is 0.348. The van der Waals surface area contributed by atoms with Crippen LogP contribution in [0.15, 0.2) is 72.9 Å². The zero-order valence-corrected chi connectivity index (χ0v) is 22.4. The molecule has 1 amide bonds. The molecule has 6 rings (SSSR count). The van der Waals surface area contributed by atoms with Gasteiger partial charge in [0, 0.05) is 29.5 Å². The van der Waals surface area contributed by atoms with Crippen LogP contribution in [0.3, 0.4) is 0 Å². The fourth-order valence-electron chi connectivity index (χ4n) is 7.70. The van der Waals surface area contributed by atoms with Crippen molar-refractivity contribution in [3.8, 4) is 0 Å². The van der Waals surface area contributed by atoms with Crippen LogP contribution in [0.4, 0.5) is 15.8 Å². The number of nitrogens with two attached hydrogens (primary N) is 1. The van der Waals surface area contributed by atoms with Gasteiger partial charge in [0.25, 0.3) is 5.91 Å². The molecule has 0 radical (unpaired) electrons. The topological polar surface area (TPSA) is 58.4 Å². The van der Waals surface area contributed by atoms with Crippen LogP contribution in [0.5, 0.6) is 0 Å². The molecule has 5 heteroatoms. The summed E-state index contributed by atoms with van der Waals surface area (Å²) < 4.78 is 13.6. The van der Waals surface area contributed by atoms with Crippen molar-refractivity contribution in [3.05, 3.63) is 95.4 Å². The van der Waals surface area contributed by atoms with Crippen molar-refractivity contribution in [3.63, 3.8) is 0 Å². The molecule has 0 aromatic heterocycles. The molecule has 3 aliphatic carbocycles. The van der Waals surface area contributed by atoms with E-state index >= 15 is 0 Å². The lowest BCUT2D eigenvalue weighted by Crippen LogP contribution is -2.51. The molecule has 4 aliphatic rings. The van der Waals surface area contributed by atoms with Crippen molar-refractivity contribution >= 4 is 17.3 Å². The Morgan fingerprint density at radius 2 is 1.95 bits per heavy atom. The van der Waals surface area contributed by atoms with Crippen LogP contribution in [0.2, 0.25) is 0 Å². The van der Waals surface area contributed by atoms with E-state index in [9.17, 15) is 9.18 Å². The fraction of sp³-hybridized carbons (Fsp3) is 0.424. The van der Waals surface area contributed by atoms with Gasteiger partial charge in [-0.25, -0.2) is 4.39 Å². The number of allylic oxidation sites excluding steroid dienone is 6. The number of halogens is 1. The molecule has 38 heavy (non-hydrogen) atoms. The first-order valence-electron chi connectivity index (χ1n) is 14.1. The molecule has 198 valence electrons. The van der Waals surface area contributed by atoms with E-state index < -0.39 is 5.82 Å². The van der Waals surface area contributed by atoms with Crippen LogP contribution in [-0.2, 0) is 0 Å². The molecule has 1 saturated heterocycles. The summed E-state index contributed by atoms with van der Waals surface area (Å²) in [5.41, 5.74) is 9.91. The van der Waals surface area contributed by atoms with Crippen molar-refractivity contribution in [1.82, 2.24) is 4.90 Å². The second-order valence-corrected chi connectivity index (χ2v) is 11.9. The van der Waals surface area contributed by atoms with Crippen LogP contribution in [-0.4, -0.2) is 29.9 Å². The minimum Gasteiger partial charge on any atom is -0.397 e. The number of nitrogen functional groups attached to an aromatic ring is 1. The highest BCUT2D eigenvalue weighted by Gasteiger charge is 2.49. The number of carbonyl (C=O) groups is 1. The van der Waals surface area contributed by atoms with E-state index in [1.807, 2.05) is 12.1 Å². The largest absolute Gasteiger partial charge is 0.397 e. The highest BCUT2D eigenvalue weighted by molar-refractivity contribution is 6.05. The molecule has 0 bridgehead atoms. The number of likely N-dealkylation sites (tertiary alicyclic amines) is 1. The normalized spacial score (nSPS) is 32.1. The Morgan fingerprint density at radius 3 is 2.76 bits per heavy atom. The summed E-state index contributed by atoms with van der Waals surface area (Å²) in [6.07, 6.45) is 19.1.